The molecule has 3 aromatic rings. The molecule has 0 unspecified atom stereocenters. The Morgan fingerprint density at radius 2 is 1.70 bits per heavy atom. The van der Waals surface area contributed by atoms with Gasteiger partial charge in [-0.3, -0.25) is 9.10 Å². The molecule has 154 valence electrons. The first-order chi connectivity index (χ1) is 14.4. The van der Waals surface area contributed by atoms with Crippen LogP contribution in [-0.4, -0.2) is 27.5 Å². The zero-order valence-electron chi connectivity index (χ0n) is 15.9. The number of ether oxygens (including phenoxy) is 1. The van der Waals surface area contributed by atoms with E-state index in [2.05, 4.69) is 21.2 Å². The Hall–Kier alpha value is -2.84. The number of carbonyl (C=O) groups is 1. The number of amides is 1. The molecule has 3 aromatic carbocycles. The van der Waals surface area contributed by atoms with Crippen LogP contribution in [-0.2, 0) is 21.2 Å². The molecule has 8 heteroatoms. The van der Waals surface area contributed by atoms with Crippen molar-refractivity contribution in [3.8, 4) is 5.75 Å². The number of halogens is 1. The number of hydrogen-bond acceptors (Lipinski definition) is 4. The predicted molar refractivity (Wildman–Crippen MR) is 119 cm³/mol. The molecule has 30 heavy (non-hydrogen) atoms. The van der Waals surface area contributed by atoms with Gasteiger partial charge in [0.1, 0.15) is 5.75 Å². The van der Waals surface area contributed by atoms with Crippen LogP contribution in [0.2, 0.25) is 0 Å². The van der Waals surface area contributed by atoms with E-state index in [1.165, 1.54) is 16.4 Å². The Morgan fingerprint density at radius 3 is 2.47 bits per heavy atom. The van der Waals surface area contributed by atoms with Crippen LogP contribution in [0.15, 0.2) is 82.2 Å². The third kappa shape index (κ3) is 4.20. The molecule has 0 atom stereocenters. The molecule has 1 aliphatic heterocycles. The van der Waals surface area contributed by atoms with Gasteiger partial charge in [0, 0.05) is 11.0 Å². The minimum Gasteiger partial charge on any atom is -0.484 e. The minimum atomic E-state index is -3.65. The Balaban J connectivity index is 1.41. The molecule has 0 saturated heterocycles. The third-order valence-corrected chi connectivity index (χ3v) is 7.29. The van der Waals surface area contributed by atoms with Crippen LogP contribution in [0, 0.1) is 0 Å². The summed E-state index contributed by atoms with van der Waals surface area (Å²) in [5, 5.41) is 2.75. The van der Waals surface area contributed by atoms with E-state index in [9.17, 15) is 13.2 Å². The molecule has 6 nitrogen and oxygen atoms in total. The van der Waals surface area contributed by atoms with Crippen molar-refractivity contribution in [1.82, 2.24) is 0 Å². The molecule has 0 aromatic heterocycles. The van der Waals surface area contributed by atoms with Gasteiger partial charge in [-0.1, -0.05) is 30.3 Å². The highest BCUT2D eigenvalue weighted by Crippen LogP contribution is 2.33. The average Bonchev–Trinajstić information content (AvgIpc) is 3.19. The average molecular weight is 487 g/mol. The summed E-state index contributed by atoms with van der Waals surface area (Å²) in [5.74, 6) is 0.102. The smallest absolute Gasteiger partial charge is 0.264 e. The molecular weight excluding hydrogens is 468 g/mol. The number of rotatable bonds is 6. The summed E-state index contributed by atoms with van der Waals surface area (Å²) in [4.78, 5) is 12.3. The van der Waals surface area contributed by atoms with Crippen molar-refractivity contribution in [3.05, 3.63) is 82.8 Å². The highest BCUT2D eigenvalue weighted by Gasteiger charge is 2.30. The van der Waals surface area contributed by atoms with Crippen molar-refractivity contribution in [3.63, 3.8) is 0 Å². The maximum absolute atomic E-state index is 13.0. The van der Waals surface area contributed by atoms with Crippen molar-refractivity contribution >= 4 is 43.2 Å². The summed E-state index contributed by atoms with van der Waals surface area (Å²) < 4.78 is 33.8. The first-order valence-electron chi connectivity index (χ1n) is 9.33. The summed E-state index contributed by atoms with van der Waals surface area (Å²) in [7, 11) is -3.65. The largest absolute Gasteiger partial charge is 0.484 e. The van der Waals surface area contributed by atoms with Crippen LogP contribution in [0.25, 0.3) is 0 Å². The maximum Gasteiger partial charge on any atom is 0.264 e. The molecule has 0 spiro atoms. The lowest BCUT2D eigenvalue weighted by Crippen LogP contribution is -2.29. The first kappa shape index (κ1) is 20.4. The van der Waals surface area contributed by atoms with Gasteiger partial charge in [-0.2, -0.15) is 0 Å². The lowest BCUT2D eigenvalue weighted by molar-refractivity contribution is -0.118. The zero-order chi connectivity index (χ0) is 21.1. The van der Waals surface area contributed by atoms with E-state index in [0.29, 0.717) is 24.4 Å². The number of carbonyl (C=O) groups excluding carboxylic acids is 1. The van der Waals surface area contributed by atoms with Gasteiger partial charge in [0.2, 0.25) is 0 Å². The van der Waals surface area contributed by atoms with Crippen LogP contribution >= 0.6 is 15.9 Å². The van der Waals surface area contributed by atoms with Crippen LogP contribution in [0.4, 0.5) is 11.4 Å². The standard InChI is InChI=1S/C22H19BrN2O4S/c23-19-6-2-3-7-20(19)24-22(26)15-29-17-9-11-18(12-10-17)30(27,28)25-14-13-16-5-1-4-8-21(16)25/h1-12H,13-15H2,(H,24,26). The van der Waals surface area contributed by atoms with Gasteiger partial charge in [0.25, 0.3) is 15.9 Å². The fourth-order valence-corrected chi connectivity index (χ4v) is 5.18. The van der Waals surface area contributed by atoms with Gasteiger partial charge in [0.05, 0.1) is 16.3 Å². The fraction of sp³-hybridized carbons (Fsp3) is 0.136. The van der Waals surface area contributed by atoms with Gasteiger partial charge >= 0.3 is 0 Å². The van der Waals surface area contributed by atoms with Crippen molar-refractivity contribution in [2.45, 2.75) is 11.3 Å². The molecule has 1 heterocycles. The quantitative estimate of drug-likeness (QED) is 0.565. The lowest BCUT2D eigenvalue weighted by Gasteiger charge is -2.19. The van der Waals surface area contributed by atoms with Crippen LogP contribution < -0.4 is 14.4 Å². The normalized spacial score (nSPS) is 13.0. The molecule has 0 aliphatic carbocycles. The molecule has 0 radical (unpaired) electrons. The summed E-state index contributed by atoms with van der Waals surface area (Å²) >= 11 is 3.37. The minimum absolute atomic E-state index is 0.184. The van der Waals surface area contributed by atoms with Crippen LogP contribution in [0.3, 0.4) is 0 Å². The van der Waals surface area contributed by atoms with Crippen molar-refractivity contribution < 1.29 is 17.9 Å². The summed E-state index contributed by atoms with van der Waals surface area (Å²) in [6.07, 6.45) is 0.698. The van der Waals surface area contributed by atoms with Gasteiger partial charge in [-0.05, 0) is 70.4 Å². The van der Waals surface area contributed by atoms with E-state index in [0.717, 1.165) is 15.7 Å². The molecule has 1 N–H and O–H groups in total. The van der Waals surface area contributed by atoms with Crippen molar-refractivity contribution in [2.75, 3.05) is 22.8 Å². The number of nitrogens with one attached hydrogen (secondary N) is 1. The second kappa shape index (κ2) is 8.49. The molecule has 1 aliphatic rings. The van der Waals surface area contributed by atoms with E-state index in [4.69, 9.17) is 4.74 Å². The number of benzene rings is 3. The zero-order valence-corrected chi connectivity index (χ0v) is 18.3. The number of anilines is 2. The Kier molecular flexibility index (Phi) is 5.78. The summed E-state index contributed by atoms with van der Waals surface area (Å²) in [6, 6.07) is 20.9. The Morgan fingerprint density at radius 1 is 1.00 bits per heavy atom. The summed E-state index contributed by atoms with van der Waals surface area (Å²) in [6.45, 7) is 0.238. The van der Waals surface area contributed by atoms with Crippen LogP contribution in [0.1, 0.15) is 5.56 Å². The van der Waals surface area contributed by atoms with Gasteiger partial charge in [-0.25, -0.2) is 8.42 Å². The molecule has 4 rings (SSSR count). The molecule has 0 saturated carbocycles. The molecule has 0 fully saturated rings. The third-order valence-electron chi connectivity index (χ3n) is 4.77. The van der Waals surface area contributed by atoms with E-state index in [-0.39, 0.29) is 17.4 Å². The second-order valence-electron chi connectivity index (χ2n) is 6.74. The molecule has 0 bridgehead atoms. The number of hydrogen-bond donors (Lipinski definition) is 1. The highest BCUT2D eigenvalue weighted by atomic mass is 79.9. The monoisotopic (exact) mass is 486 g/mol. The van der Waals surface area contributed by atoms with E-state index >= 15 is 0 Å². The van der Waals surface area contributed by atoms with Gasteiger partial charge in [0.15, 0.2) is 6.61 Å². The fourth-order valence-electron chi connectivity index (χ4n) is 3.29. The van der Waals surface area contributed by atoms with Crippen molar-refractivity contribution in [2.24, 2.45) is 0 Å². The van der Waals surface area contributed by atoms with E-state index in [1.807, 2.05) is 42.5 Å². The highest BCUT2D eigenvalue weighted by molar-refractivity contribution is 9.10. The Labute approximate surface area is 183 Å². The van der Waals surface area contributed by atoms with Crippen LogP contribution in [0.5, 0.6) is 5.75 Å². The topological polar surface area (TPSA) is 75.7 Å². The maximum atomic E-state index is 13.0. The SMILES string of the molecule is O=C(COc1ccc(S(=O)(=O)N2CCc3ccccc32)cc1)Nc1ccccc1Br. The number of para-hydroxylation sites is 2. The molecule has 1 amide bonds. The van der Waals surface area contributed by atoms with Gasteiger partial charge < -0.3 is 10.1 Å². The number of sulfonamides is 1. The lowest BCUT2D eigenvalue weighted by atomic mass is 10.2. The van der Waals surface area contributed by atoms with Gasteiger partial charge in [-0.15, -0.1) is 0 Å². The number of nitrogens with zero attached hydrogens (tertiary/aromatic N) is 1. The second-order valence-corrected chi connectivity index (χ2v) is 9.46. The Bertz CT molecular complexity index is 1180. The first-order valence-corrected chi connectivity index (χ1v) is 11.6. The molecular formula is C22H19BrN2O4S. The predicted octanol–water partition coefficient (Wildman–Crippen LogP) is 4.22. The van der Waals surface area contributed by atoms with E-state index in [1.54, 1.807) is 18.2 Å². The van der Waals surface area contributed by atoms with E-state index < -0.39 is 10.0 Å². The number of fused-ring (bicyclic) bond motifs is 1. The van der Waals surface area contributed by atoms with Crippen molar-refractivity contribution in [1.29, 1.82) is 0 Å². The summed E-state index contributed by atoms with van der Waals surface area (Å²) in [5.41, 5.74) is 2.40.